The van der Waals surface area contributed by atoms with Gasteiger partial charge in [-0.15, -0.1) is 0 Å². The van der Waals surface area contributed by atoms with Gasteiger partial charge in [-0.2, -0.15) is 0 Å². The average Bonchev–Trinajstić information content (AvgIpc) is 3.21. The molecule has 0 atom stereocenters. The van der Waals surface area contributed by atoms with Crippen LogP contribution < -0.4 is 5.32 Å². The lowest BCUT2D eigenvalue weighted by molar-refractivity contribution is 0.602. The van der Waals surface area contributed by atoms with E-state index >= 15 is 0 Å². The van der Waals surface area contributed by atoms with Gasteiger partial charge in [0.15, 0.2) is 9.84 Å². The molecular weight excluding hydrogens is 410 g/mol. The van der Waals surface area contributed by atoms with Crippen LogP contribution in [0.3, 0.4) is 0 Å². The quantitative estimate of drug-likeness (QED) is 0.454. The second-order valence-corrected chi connectivity index (χ2v) is 9.31. The third-order valence-electron chi connectivity index (χ3n) is 5.16. The highest BCUT2D eigenvalue weighted by atomic mass is 32.2. The van der Waals surface area contributed by atoms with E-state index in [2.05, 4.69) is 24.8 Å². The van der Waals surface area contributed by atoms with Crippen molar-refractivity contribution in [2.24, 2.45) is 0 Å². The molecule has 8 heteroatoms. The van der Waals surface area contributed by atoms with Gasteiger partial charge >= 0.3 is 0 Å². The van der Waals surface area contributed by atoms with E-state index in [0.29, 0.717) is 23.3 Å². The summed E-state index contributed by atoms with van der Waals surface area (Å²) in [5.74, 6) is 0.597. The predicted octanol–water partition coefficient (Wildman–Crippen LogP) is 3.98. The number of anilines is 1. The Morgan fingerprint density at radius 1 is 0.903 bits per heavy atom. The molecule has 0 aliphatic heterocycles. The molecule has 5 aromatic rings. The summed E-state index contributed by atoms with van der Waals surface area (Å²) in [4.78, 5) is 13.2. The molecule has 0 aliphatic carbocycles. The molecule has 3 aromatic carbocycles. The first-order chi connectivity index (χ1) is 15.0. The van der Waals surface area contributed by atoms with Crippen molar-refractivity contribution in [3.63, 3.8) is 0 Å². The summed E-state index contributed by atoms with van der Waals surface area (Å²) in [6.45, 7) is 0.542. The van der Waals surface area contributed by atoms with Crippen molar-refractivity contribution in [2.75, 3.05) is 11.6 Å². The molecule has 0 aliphatic rings. The number of nitrogens with zero attached hydrogens (tertiary/aromatic N) is 4. The molecule has 0 radical (unpaired) electrons. The lowest BCUT2D eigenvalue weighted by Gasteiger charge is -2.10. The molecule has 0 unspecified atom stereocenters. The van der Waals surface area contributed by atoms with Crippen LogP contribution in [0.15, 0.2) is 84.3 Å². The molecule has 154 valence electrons. The second kappa shape index (κ2) is 7.48. The van der Waals surface area contributed by atoms with Crippen LogP contribution in [0.2, 0.25) is 0 Å². The van der Waals surface area contributed by atoms with E-state index in [0.717, 1.165) is 22.3 Å². The van der Waals surface area contributed by atoms with Crippen molar-refractivity contribution in [1.82, 2.24) is 19.5 Å². The Morgan fingerprint density at radius 3 is 2.52 bits per heavy atom. The lowest BCUT2D eigenvalue weighted by atomic mass is 10.2. The molecule has 0 spiro atoms. The van der Waals surface area contributed by atoms with Crippen molar-refractivity contribution in [3.05, 3.63) is 84.9 Å². The van der Waals surface area contributed by atoms with E-state index in [1.54, 1.807) is 18.2 Å². The van der Waals surface area contributed by atoms with Gasteiger partial charge in [-0.25, -0.2) is 23.4 Å². The maximum atomic E-state index is 11.9. The fourth-order valence-electron chi connectivity index (χ4n) is 3.53. The van der Waals surface area contributed by atoms with Crippen LogP contribution in [-0.4, -0.2) is 34.2 Å². The number of hydrogen-bond acceptors (Lipinski definition) is 6. The van der Waals surface area contributed by atoms with Crippen molar-refractivity contribution in [2.45, 2.75) is 11.4 Å². The number of benzene rings is 3. The van der Waals surface area contributed by atoms with E-state index in [4.69, 9.17) is 0 Å². The first-order valence-electron chi connectivity index (χ1n) is 9.69. The maximum absolute atomic E-state index is 11.9. The largest absolute Gasteiger partial charge is 0.365 e. The molecule has 0 fully saturated rings. The van der Waals surface area contributed by atoms with Crippen LogP contribution >= 0.6 is 0 Å². The summed E-state index contributed by atoms with van der Waals surface area (Å²) in [5, 5.41) is 3.97. The van der Waals surface area contributed by atoms with Gasteiger partial charge in [0, 0.05) is 23.9 Å². The van der Waals surface area contributed by atoms with Gasteiger partial charge in [-0.1, -0.05) is 24.3 Å². The Labute approximate surface area is 179 Å². The molecule has 2 heterocycles. The number of rotatable bonds is 5. The first kappa shape index (κ1) is 19.2. The van der Waals surface area contributed by atoms with Crippen molar-refractivity contribution >= 4 is 37.6 Å². The smallest absolute Gasteiger partial charge is 0.175 e. The highest BCUT2D eigenvalue weighted by molar-refractivity contribution is 7.90. The zero-order valence-corrected chi connectivity index (χ0v) is 17.5. The number of nitrogens with one attached hydrogen (secondary N) is 1. The Balaban J connectivity index is 1.39. The number of para-hydroxylation sites is 2. The summed E-state index contributed by atoms with van der Waals surface area (Å²) in [6, 6.07) is 21.1. The molecule has 0 bridgehead atoms. The zero-order chi connectivity index (χ0) is 21.4. The van der Waals surface area contributed by atoms with E-state index in [1.807, 2.05) is 54.9 Å². The molecule has 1 N–H and O–H groups in total. The van der Waals surface area contributed by atoms with Gasteiger partial charge in [0.05, 0.1) is 21.4 Å². The molecule has 7 nitrogen and oxygen atoms in total. The van der Waals surface area contributed by atoms with Gasteiger partial charge in [0.1, 0.15) is 18.5 Å². The number of sulfone groups is 1. The van der Waals surface area contributed by atoms with Crippen molar-refractivity contribution < 1.29 is 8.42 Å². The summed E-state index contributed by atoms with van der Waals surface area (Å²) < 4.78 is 25.9. The van der Waals surface area contributed by atoms with Crippen molar-refractivity contribution in [1.29, 1.82) is 0 Å². The van der Waals surface area contributed by atoms with E-state index in [1.165, 1.54) is 12.6 Å². The Kier molecular flexibility index (Phi) is 4.63. The number of fused-ring (bicyclic) bond motifs is 2. The Bertz CT molecular complexity index is 1510. The zero-order valence-electron chi connectivity index (χ0n) is 16.7. The van der Waals surface area contributed by atoms with Crippen LogP contribution in [0, 0.1) is 0 Å². The molecule has 0 amide bonds. The number of aromatic nitrogens is 4. The second-order valence-electron chi connectivity index (χ2n) is 7.30. The van der Waals surface area contributed by atoms with Crippen LogP contribution in [0.5, 0.6) is 0 Å². The number of imidazole rings is 1. The SMILES string of the molecule is CS(=O)(=O)c1ccc2ncnc(NCc3ccc(-n4cnc5ccccc54)cc3)c2c1. The van der Waals surface area contributed by atoms with Crippen LogP contribution in [0.4, 0.5) is 5.82 Å². The molecule has 31 heavy (non-hydrogen) atoms. The van der Waals surface area contributed by atoms with Crippen LogP contribution in [0.1, 0.15) is 5.56 Å². The van der Waals surface area contributed by atoms with Crippen LogP contribution in [0.25, 0.3) is 27.6 Å². The van der Waals surface area contributed by atoms with Crippen LogP contribution in [-0.2, 0) is 16.4 Å². The number of hydrogen-bond donors (Lipinski definition) is 1. The fourth-order valence-corrected chi connectivity index (χ4v) is 4.18. The Morgan fingerprint density at radius 2 is 1.71 bits per heavy atom. The summed E-state index contributed by atoms with van der Waals surface area (Å²) in [7, 11) is -3.31. The van der Waals surface area contributed by atoms with Gasteiger partial charge in [-0.05, 0) is 48.0 Å². The molecular formula is C23H19N5O2S. The summed E-state index contributed by atoms with van der Waals surface area (Å²) in [5.41, 5.74) is 4.80. The van der Waals surface area contributed by atoms with Gasteiger partial charge in [0.2, 0.25) is 0 Å². The predicted molar refractivity (Wildman–Crippen MR) is 121 cm³/mol. The lowest BCUT2D eigenvalue weighted by Crippen LogP contribution is -2.04. The third kappa shape index (κ3) is 3.73. The minimum Gasteiger partial charge on any atom is -0.365 e. The highest BCUT2D eigenvalue weighted by Crippen LogP contribution is 2.24. The van der Waals surface area contributed by atoms with Gasteiger partial charge < -0.3 is 5.32 Å². The van der Waals surface area contributed by atoms with E-state index in [9.17, 15) is 8.42 Å². The molecule has 2 aromatic heterocycles. The average molecular weight is 430 g/mol. The summed E-state index contributed by atoms with van der Waals surface area (Å²) >= 11 is 0. The van der Waals surface area contributed by atoms with E-state index < -0.39 is 9.84 Å². The summed E-state index contributed by atoms with van der Waals surface area (Å²) in [6.07, 6.45) is 4.48. The van der Waals surface area contributed by atoms with Gasteiger partial charge in [-0.3, -0.25) is 4.57 Å². The third-order valence-corrected chi connectivity index (χ3v) is 6.27. The highest BCUT2D eigenvalue weighted by Gasteiger charge is 2.11. The first-order valence-corrected chi connectivity index (χ1v) is 11.6. The fraction of sp³-hybridized carbons (Fsp3) is 0.0870. The minimum absolute atomic E-state index is 0.245. The molecule has 0 saturated heterocycles. The monoisotopic (exact) mass is 429 g/mol. The van der Waals surface area contributed by atoms with E-state index in [-0.39, 0.29) is 4.90 Å². The molecule has 5 rings (SSSR count). The standard InChI is InChI=1S/C23H19N5O2S/c1-31(29,30)18-10-11-20-19(12-18)23(26-14-25-20)24-13-16-6-8-17(9-7-16)28-15-27-21-4-2-3-5-22(21)28/h2-12,14-15H,13H2,1H3,(H,24,25,26). The minimum atomic E-state index is -3.31. The maximum Gasteiger partial charge on any atom is 0.175 e. The Hall–Kier alpha value is -3.78. The molecule has 0 saturated carbocycles. The normalized spacial score (nSPS) is 11.8. The van der Waals surface area contributed by atoms with Gasteiger partial charge in [0.25, 0.3) is 0 Å². The van der Waals surface area contributed by atoms with Crippen molar-refractivity contribution in [3.8, 4) is 5.69 Å². The topological polar surface area (TPSA) is 89.8 Å².